The van der Waals surface area contributed by atoms with Gasteiger partial charge in [0.25, 0.3) is 0 Å². The minimum absolute atomic E-state index is 0. The number of nitrogens with one attached hydrogen (secondary N) is 1. The number of hydrogen-bond donors (Lipinski definition) is 1. The summed E-state index contributed by atoms with van der Waals surface area (Å²) in [6.07, 6.45) is -2.51. The lowest BCUT2D eigenvalue weighted by molar-refractivity contribution is -0.274. The molecule has 1 heterocycles. The van der Waals surface area contributed by atoms with E-state index in [1.165, 1.54) is 23.1 Å². The monoisotopic (exact) mass is 352 g/mol. The van der Waals surface area contributed by atoms with Gasteiger partial charge in [-0.05, 0) is 44.0 Å². The molecule has 0 saturated carbocycles. The van der Waals surface area contributed by atoms with Gasteiger partial charge in [-0.2, -0.15) is 0 Å². The van der Waals surface area contributed by atoms with Crippen LogP contribution in [0.2, 0.25) is 0 Å². The average molecular weight is 353 g/mol. The van der Waals surface area contributed by atoms with E-state index in [9.17, 15) is 18.0 Å². The van der Waals surface area contributed by atoms with Crippen molar-refractivity contribution in [2.24, 2.45) is 5.92 Å². The number of carbonyl (C=O) groups is 1. The van der Waals surface area contributed by atoms with Gasteiger partial charge in [-0.25, -0.2) is 0 Å². The molecule has 1 unspecified atom stereocenters. The first-order valence-corrected chi connectivity index (χ1v) is 7.18. The van der Waals surface area contributed by atoms with Gasteiger partial charge in [0.1, 0.15) is 5.75 Å². The highest BCUT2D eigenvalue weighted by atomic mass is 35.5. The van der Waals surface area contributed by atoms with Crippen molar-refractivity contribution in [3.63, 3.8) is 0 Å². The smallest absolute Gasteiger partial charge is 0.406 e. The normalized spacial score (nSPS) is 17.5. The molecule has 1 aliphatic heterocycles. The highest BCUT2D eigenvalue weighted by Gasteiger charge is 2.31. The summed E-state index contributed by atoms with van der Waals surface area (Å²) in [7, 11) is 1.56. The molecule has 1 aliphatic rings. The molecule has 130 valence electrons. The van der Waals surface area contributed by atoms with Crippen LogP contribution in [0.1, 0.15) is 19.3 Å². The predicted molar refractivity (Wildman–Crippen MR) is 84.0 cm³/mol. The van der Waals surface area contributed by atoms with Crippen LogP contribution in [0.3, 0.4) is 0 Å². The second kappa shape index (κ2) is 8.40. The number of rotatable bonds is 5. The molecule has 2 rings (SSSR count). The molecule has 1 N–H and O–H groups in total. The van der Waals surface area contributed by atoms with Crippen LogP contribution in [0.4, 0.5) is 18.9 Å². The highest BCUT2D eigenvalue weighted by Crippen LogP contribution is 2.27. The summed E-state index contributed by atoms with van der Waals surface area (Å²) < 4.78 is 40.5. The molecule has 0 radical (unpaired) electrons. The molecule has 1 aromatic carbocycles. The van der Waals surface area contributed by atoms with Crippen molar-refractivity contribution in [1.29, 1.82) is 0 Å². The quantitative estimate of drug-likeness (QED) is 0.883. The Hall–Kier alpha value is -1.47. The third-order valence-corrected chi connectivity index (χ3v) is 3.74. The Bertz CT molecular complexity index is 520. The first-order chi connectivity index (χ1) is 10.3. The number of ether oxygens (including phenoxy) is 1. The third-order valence-electron chi connectivity index (χ3n) is 3.74. The predicted octanol–water partition coefficient (Wildman–Crippen LogP) is 3.36. The van der Waals surface area contributed by atoms with Crippen LogP contribution in [-0.2, 0) is 4.79 Å². The van der Waals surface area contributed by atoms with Crippen molar-refractivity contribution >= 4 is 24.0 Å². The van der Waals surface area contributed by atoms with E-state index in [0.717, 1.165) is 25.9 Å². The molecule has 1 atom stereocenters. The van der Waals surface area contributed by atoms with Crippen molar-refractivity contribution in [3.05, 3.63) is 24.3 Å². The number of anilines is 1. The molecule has 0 spiro atoms. The second-order valence-electron chi connectivity index (χ2n) is 5.40. The largest absolute Gasteiger partial charge is 0.573 e. The Balaban J connectivity index is 0.00000264. The van der Waals surface area contributed by atoms with Crippen LogP contribution >= 0.6 is 12.4 Å². The fourth-order valence-electron chi connectivity index (χ4n) is 2.49. The van der Waals surface area contributed by atoms with Crippen molar-refractivity contribution in [1.82, 2.24) is 5.32 Å². The Kier molecular flexibility index (Phi) is 7.15. The van der Waals surface area contributed by atoms with Gasteiger partial charge >= 0.3 is 6.36 Å². The minimum atomic E-state index is -4.74. The summed E-state index contributed by atoms with van der Waals surface area (Å²) in [4.78, 5) is 13.5. The zero-order valence-electron chi connectivity index (χ0n) is 12.7. The van der Waals surface area contributed by atoms with E-state index in [1.54, 1.807) is 13.1 Å². The van der Waals surface area contributed by atoms with Crippen LogP contribution in [-0.4, -0.2) is 32.4 Å². The molecule has 0 aromatic heterocycles. The molecule has 1 fully saturated rings. The van der Waals surface area contributed by atoms with E-state index in [4.69, 9.17) is 0 Å². The van der Waals surface area contributed by atoms with Gasteiger partial charge in [-0.3, -0.25) is 4.79 Å². The van der Waals surface area contributed by atoms with Crippen molar-refractivity contribution in [2.75, 3.05) is 25.0 Å². The maximum Gasteiger partial charge on any atom is 0.573 e. The number of hydrogen-bond acceptors (Lipinski definition) is 3. The number of amides is 1. The third kappa shape index (κ3) is 6.27. The van der Waals surface area contributed by atoms with Crippen LogP contribution in [0.25, 0.3) is 0 Å². The minimum Gasteiger partial charge on any atom is -0.406 e. The van der Waals surface area contributed by atoms with Crippen LogP contribution in [0.15, 0.2) is 24.3 Å². The van der Waals surface area contributed by atoms with E-state index in [0.29, 0.717) is 18.0 Å². The summed E-state index contributed by atoms with van der Waals surface area (Å²) in [5, 5.41) is 3.24. The van der Waals surface area contributed by atoms with E-state index in [2.05, 4.69) is 10.1 Å². The van der Waals surface area contributed by atoms with E-state index in [1.807, 2.05) is 0 Å². The molecular formula is C15H20ClF3N2O2. The van der Waals surface area contributed by atoms with Crippen molar-refractivity contribution in [2.45, 2.75) is 25.6 Å². The van der Waals surface area contributed by atoms with Gasteiger partial charge < -0.3 is 15.0 Å². The van der Waals surface area contributed by atoms with Crippen LogP contribution < -0.4 is 15.0 Å². The molecule has 0 bridgehead atoms. The molecule has 23 heavy (non-hydrogen) atoms. The van der Waals surface area contributed by atoms with Crippen LogP contribution in [0, 0.1) is 5.92 Å². The first kappa shape index (κ1) is 19.6. The number of halogens is 4. The summed E-state index contributed by atoms with van der Waals surface area (Å²) in [5.41, 5.74) is 0.385. The Morgan fingerprint density at radius 1 is 1.43 bits per heavy atom. The maximum absolute atomic E-state index is 12.2. The molecular weight excluding hydrogens is 333 g/mol. The molecule has 0 aliphatic carbocycles. The Labute approximate surface area is 139 Å². The number of nitrogens with zero attached hydrogens (tertiary/aromatic N) is 1. The van der Waals surface area contributed by atoms with Crippen LogP contribution in [0.5, 0.6) is 5.75 Å². The molecule has 1 aromatic rings. The van der Waals surface area contributed by atoms with E-state index < -0.39 is 6.36 Å². The SMILES string of the molecule is CN(C(=O)CCC1CCNC1)c1cccc(OC(F)(F)F)c1.Cl. The fraction of sp³-hybridized carbons (Fsp3) is 0.533. The number of benzene rings is 1. The topological polar surface area (TPSA) is 41.6 Å². The van der Waals surface area contributed by atoms with Crippen molar-refractivity contribution < 1.29 is 22.7 Å². The summed E-state index contributed by atoms with van der Waals surface area (Å²) in [5.74, 6) is 0.0537. The Morgan fingerprint density at radius 2 is 2.17 bits per heavy atom. The summed E-state index contributed by atoms with van der Waals surface area (Å²) in [6, 6.07) is 5.43. The zero-order chi connectivity index (χ0) is 16.2. The van der Waals surface area contributed by atoms with E-state index >= 15 is 0 Å². The van der Waals surface area contributed by atoms with Gasteiger partial charge in [0.2, 0.25) is 5.91 Å². The molecule has 1 amide bonds. The maximum atomic E-state index is 12.2. The van der Waals surface area contributed by atoms with Gasteiger partial charge in [0.05, 0.1) is 0 Å². The summed E-state index contributed by atoms with van der Waals surface area (Å²) in [6.45, 7) is 1.90. The van der Waals surface area contributed by atoms with Gasteiger partial charge in [-0.15, -0.1) is 25.6 Å². The Morgan fingerprint density at radius 3 is 2.78 bits per heavy atom. The van der Waals surface area contributed by atoms with Crippen molar-refractivity contribution in [3.8, 4) is 5.75 Å². The fourth-order valence-corrected chi connectivity index (χ4v) is 2.49. The van der Waals surface area contributed by atoms with Gasteiger partial charge in [0, 0.05) is 25.2 Å². The average Bonchev–Trinajstić information content (AvgIpc) is 2.95. The van der Waals surface area contributed by atoms with Gasteiger partial charge in [-0.1, -0.05) is 6.07 Å². The molecule has 8 heteroatoms. The lowest BCUT2D eigenvalue weighted by atomic mass is 10.0. The second-order valence-corrected chi connectivity index (χ2v) is 5.40. The zero-order valence-corrected chi connectivity index (χ0v) is 13.5. The first-order valence-electron chi connectivity index (χ1n) is 7.18. The number of carbonyl (C=O) groups excluding carboxylic acids is 1. The lowest BCUT2D eigenvalue weighted by Gasteiger charge is -2.19. The standard InChI is InChI=1S/C15H19F3N2O2.ClH/c1-20(14(21)6-5-11-7-8-19-10-11)12-3-2-4-13(9-12)22-15(16,17)18;/h2-4,9,11,19H,5-8,10H2,1H3;1H. The lowest BCUT2D eigenvalue weighted by Crippen LogP contribution is -2.27. The van der Waals surface area contributed by atoms with E-state index in [-0.39, 0.29) is 24.1 Å². The number of alkyl halides is 3. The highest BCUT2D eigenvalue weighted by molar-refractivity contribution is 5.92. The molecule has 4 nitrogen and oxygen atoms in total. The summed E-state index contributed by atoms with van der Waals surface area (Å²) >= 11 is 0. The van der Waals surface area contributed by atoms with Gasteiger partial charge in [0.15, 0.2) is 0 Å². The molecule has 1 saturated heterocycles.